The number of aromatic nitrogens is 2. The Morgan fingerprint density at radius 1 is 1.03 bits per heavy atom. The van der Waals surface area contributed by atoms with E-state index < -0.39 is 0 Å². The van der Waals surface area contributed by atoms with E-state index in [0.29, 0.717) is 25.1 Å². The molecule has 5 rings (SSSR count). The van der Waals surface area contributed by atoms with Gasteiger partial charge < -0.3 is 14.8 Å². The first-order valence-corrected chi connectivity index (χ1v) is 12.4. The molecule has 0 saturated carbocycles. The van der Waals surface area contributed by atoms with E-state index in [1.807, 2.05) is 71.5 Å². The van der Waals surface area contributed by atoms with E-state index in [2.05, 4.69) is 23.7 Å². The lowest BCUT2D eigenvalue weighted by atomic mass is 10.0. The van der Waals surface area contributed by atoms with E-state index in [-0.39, 0.29) is 12.7 Å². The summed E-state index contributed by atoms with van der Waals surface area (Å²) in [6, 6.07) is 24.0. The number of hydrogen-bond donors (Lipinski definition) is 1. The highest BCUT2D eigenvalue weighted by Gasteiger charge is 2.18. The quantitative estimate of drug-likeness (QED) is 0.356. The van der Waals surface area contributed by atoms with Gasteiger partial charge in [-0.3, -0.25) is 4.79 Å². The number of rotatable bonds is 8. The third kappa shape index (κ3) is 4.94. The minimum Gasteiger partial charge on any atom is -0.454 e. The van der Waals surface area contributed by atoms with E-state index in [1.165, 1.54) is 4.90 Å². The molecule has 7 heteroatoms. The largest absolute Gasteiger partial charge is 0.454 e. The molecule has 0 radical (unpaired) electrons. The molecular formula is C27H25N3O3S. The van der Waals surface area contributed by atoms with Crippen molar-refractivity contribution in [1.82, 2.24) is 15.1 Å². The highest BCUT2D eigenvalue weighted by Crippen LogP contribution is 2.36. The summed E-state index contributed by atoms with van der Waals surface area (Å²) < 4.78 is 12.9. The van der Waals surface area contributed by atoms with Crippen LogP contribution >= 0.6 is 11.8 Å². The van der Waals surface area contributed by atoms with Crippen molar-refractivity contribution in [1.29, 1.82) is 0 Å². The molecule has 172 valence electrons. The molecule has 0 saturated heterocycles. The molecule has 1 amide bonds. The fraction of sp³-hybridized carbons (Fsp3) is 0.185. The number of nitrogens with one attached hydrogen (secondary N) is 1. The van der Waals surface area contributed by atoms with Crippen LogP contribution in [0, 0.1) is 0 Å². The third-order valence-corrected chi connectivity index (χ3v) is 6.47. The first-order chi connectivity index (χ1) is 16.7. The Hall–Kier alpha value is -3.71. The third-order valence-electron chi connectivity index (χ3n) is 5.73. The van der Waals surface area contributed by atoms with Gasteiger partial charge in [0.1, 0.15) is 0 Å². The normalized spacial score (nSPS) is 12.0. The second-order valence-electron chi connectivity index (χ2n) is 7.98. The van der Waals surface area contributed by atoms with E-state index in [0.717, 1.165) is 33.8 Å². The number of fused-ring (bicyclic) bond motifs is 1. The zero-order valence-electron chi connectivity index (χ0n) is 18.9. The van der Waals surface area contributed by atoms with Crippen LogP contribution in [0.5, 0.6) is 11.5 Å². The number of benzene rings is 3. The fourth-order valence-corrected chi connectivity index (χ4v) is 4.28. The number of para-hydroxylation sites is 1. The highest BCUT2D eigenvalue weighted by atomic mass is 32.2. The number of carbonyl (C=O) groups excluding carboxylic acids is 1. The van der Waals surface area contributed by atoms with Gasteiger partial charge in [-0.1, -0.05) is 30.3 Å². The number of amides is 1. The smallest absolute Gasteiger partial charge is 0.231 e. The number of thioether (sulfide) groups is 1. The maximum Gasteiger partial charge on any atom is 0.231 e. The topological polar surface area (TPSA) is 65.4 Å². The molecule has 0 spiro atoms. The van der Waals surface area contributed by atoms with Crippen LogP contribution in [0.25, 0.3) is 16.9 Å². The maximum atomic E-state index is 12.6. The Morgan fingerprint density at radius 3 is 2.62 bits per heavy atom. The first-order valence-electron chi connectivity index (χ1n) is 11.1. The zero-order valence-corrected chi connectivity index (χ0v) is 19.7. The minimum absolute atomic E-state index is 0.0121. The molecule has 0 unspecified atom stereocenters. The number of aryl methyl sites for hydroxylation is 1. The predicted octanol–water partition coefficient (Wildman–Crippen LogP) is 5.24. The molecule has 1 aliphatic heterocycles. The van der Waals surface area contributed by atoms with Crippen LogP contribution in [0.3, 0.4) is 0 Å². The number of hydrogen-bond acceptors (Lipinski definition) is 5. The van der Waals surface area contributed by atoms with E-state index in [4.69, 9.17) is 14.6 Å². The lowest BCUT2D eigenvalue weighted by Crippen LogP contribution is -2.23. The van der Waals surface area contributed by atoms with Gasteiger partial charge in [-0.25, -0.2) is 4.68 Å². The molecule has 0 fully saturated rings. The summed E-state index contributed by atoms with van der Waals surface area (Å²) in [5, 5.41) is 7.88. The van der Waals surface area contributed by atoms with Gasteiger partial charge in [0.15, 0.2) is 11.5 Å². The monoisotopic (exact) mass is 471 g/mol. The molecular weight excluding hydrogens is 446 g/mol. The molecule has 6 nitrogen and oxygen atoms in total. The average molecular weight is 472 g/mol. The van der Waals surface area contributed by atoms with Crippen molar-refractivity contribution in [2.24, 2.45) is 0 Å². The summed E-state index contributed by atoms with van der Waals surface area (Å²) in [5.41, 5.74) is 4.83. The van der Waals surface area contributed by atoms with Crippen LogP contribution in [0.4, 0.5) is 0 Å². The van der Waals surface area contributed by atoms with Gasteiger partial charge in [-0.15, -0.1) is 11.8 Å². The van der Waals surface area contributed by atoms with Crippen LogP contribution in [-0.2, 0) is 17.8 Å². The van der Waals surface area contributed by atoms with Gasteiger partial charge >= 0.3 is 0 Å². The van der Waals surface area contributed by atoms with Crippen molar-refractivity contribution in [3.63, 3.8) is 0 Å². The number of carbonyl (C=O) groups is 1. The second kappa shape index (κ2) is 10.1. The highest BCUT2D eigenvalue weighted by molar-refractivity contribution is 7.98. The summed E-state index contributed by atoms with van der Waals surface area (Å²) in [6.45, 7) is 0.746. The molecule has 34 heavy (non-hydrogen) atoms. The van der Waals surface area contributed by atoms with Crippen LogP contribution < -0.4 is 14.8 Å². The molecule has 2 heterocycles. The van der Waals surface area contributed by atoms with Crippen molar-refractivity contribution in [3.05, 3.63) is 90.1 Å². The van der Waals surface area contributed by atoms with Crippen molar-refractivity contribution in [3.8, 4) is 28.4 Å². The molecule has 1 N–H and O–H groups in total. The maximum absolute atomic E-state index is 12.6. The van der Waals surface area contributed by atoms with E-state index >= 15 is 0 Å². The molecule has 0 atom stereocenters. The molecule has 1 aromatic heterocycles. The molecule has 0 bridgehead atoms. The van der Waals surface area contributed by atoms with Crippen molar-refractivity contribution >= 4 is 17.7 Å². The Bertz CT molecular complexity index is 1290. The van der Waals surface area contributed by atoms with Gasteiger partial charge in [0.05, 0.1) is 11.4 Å². The summed E-state index contributed by atoms with van der Waals surface area (Å²) in [5.74, 6) is 1.46. The van der Waals surface area contributed by atoms with Gasteiger partial charge in [0, 0.05) is 29.6 Å². The van der Waals surface area contributed by atoms with Gasteiger partial charge in [-0.2, -0.15) is 5.10 Å². The van der Waals surface area contributed by atoms with Gasteiger partial charge in [0.2, 0.25) is 12.7 Å². The lowest BCUT2D eigenvalue weighted by molar-refractivity contribution is -0.121. The predicted molar refractivity (Wildman–Crippen MR) is 134 cm³/mol. The van der Waals surface area contributed by atoms with Crippen LogP contribution in [0.2, 0.25) is 0 Å². The van der Waals surface area contributed by atoms with Crippen molar-refractivity contribution in [2.75, 3.05) is 13.0 Å². The zero-order chi connectivity index (χ0) is 23.3. The number of nitrogens with zero attached hydrogens (tertiary/aromatic N) is 2. The van der Waals surface area contributed by atoms with Crippen molar-refractivity contribution in [2.45, 2.75) is 24.3 Å². The Kier molecular flexibility index (Phi) is 6.53. The summed E-state index contributed by atoms with van der Waals surface area (Å²) in [4.78, 5) is 13.8. The van der Waals surface area contributed by atoms with Crippen LogP contribution in [0.1, 0.15) is 17.5 Å². The SMILES string of the molecule is CSc1ccc(CNC(=O)CCc2cn(-c3ccccc3)nc2-c2ccc3c(c2)OCO3)cc1. The summed E-state index contributed by atoms with van der Waals surface area (Å²) in [6.07, 6.45) is 5.01. The van der Waals surface area contributed by atoms with Gasteiger partial charge in [-0.05, 0) is 66.3 Å². The average Bonchev–Trinajstić information content (AvgIpc) is 3.54. The Morgan fingerprint density at radius 2 is 1.82 bits per heavy atom. The summed E-state index contributed by atoms with van der Waals surface area (Å²) >= 11 is 1.70. The summed E-state index contributed by atoms with van der Waals surface area (Å²) in [7, 11) is 0. The first kappa shape index (κ1) is 22.1. The van der Waals surface area contributed by atoms with Crippen LogP contribution in [-0.4, -0.2) is 28.7 Å². The minimum atomic E-state index is 0.0121. The standard InChI is InChI=1S/C27H25N3O3S/c1-34-23-11-7-19(8-12-23)16-28-26(31)14-10-21-17-30(22-5-3-2-4-6-22)29-27(21)20-9-13-24-25(15-20)33-18-32-24/h2-9,11-13,15,17H,10,14,16,18H2,1H3,(H,28,31). The lowest BCUT2D eigenvalue weighted by Gasteiger charge is -2.07. The molecule has 4 aromatic rings. The van der Waals surface area contributed by atoms with Gasteiger partial charge in [0.25, 0.3) is 0 Å². The molecule has 1 aliphatic rings. The fourth-order valence-electron chi connectivity index (χ4n) is 3.87. The molecule has 0 aliphatic carbocycles. The van der Waals surface area contributed by atoms with E-state index in [9.17, 15) is 4.79 Å². The molecule has 3 aromatic carbocycles. The second-order valence-corrected chi connectivity index (χ2v) is 8.86. The van der Waals surface area contributed by atoms with E-state index in [1.54, 1.807) is 11.8 Å². The Balaban J connectivity index is 1.32. The van der Waals surface area contributed by atoms with Crippen molar-refractivity contribution < 1.29 is 14.3 Å². The Labute approximate surface area is 202 Å². The van der Waals surface area contributed by atoms with Crippen LogP contribution in [0.15, 0.2) is 83.9 Å². The number of ether oxygens (including phenoxy) is 2.